The Kier molecular flexibility index (Phi) is 1.69. The molecule has 2 rings (SSSR count). The van der Waals surface area contributed by atoms with E-state index < -0.39 is 16.3 Å². The first-order chi connectivity index (χ1) is 6.00. The van der Waals surface area contributed by atoms with Crippen molar-refractivity contribution < 1.29 is 13.5 Å². The average molecular weight is 199 g/mol. The number of aliphatic hydroxyl groups is 1. The van der Waals surface area contributed by atoms with E-state index in [4.69, 9.17) is 0 Å². The Balaban J connectivity index is 2.73. The Morgan fingerprint density at radius 1 is 1.46 bits per heavy atom. The van der Waals surface area contributed by atoms with Gasteiger partial charge in [0.2, 0.25) is 10.0 Å². The molecule has 1 aromatic carbocycles. The minimum atomic E-state index is -3.47. The molecule has 0 aromatic heterocycles. The van der Waals surface area contributed by atoms with Crippen molar-refractivity contribution in [1.29, 1.82) is 0 Å². The SMILES string of the molecule is Cc1ccc2c(c1)C(O)NS2(=O)=O. The average Bonchev–Trinajstić information content (AvgIpc) is 2.22. The van der Waals surface area contributed by atoms with Gasteiger partial charge in [-0.3, -0.25) is 0 Å². The van der Waals surface area contributed by atoms with Gasteiger partial charge in [-0.15, -0.1) is 0 Å². The minimum Gasteiger partial charge on any atom is -0.373 e. The van der Waals surface area contributed by atoms with Crippen LogP contribution >= 0.6 is 0 Å². The van der Waals surface area contributed by atoms with E-state index in [0.717, 1.165) is 5.56 Å². The quantitative estimate of drug-likeness (QED) is 0.630. The summed E-state index contributed by atoms with van der Waals surface area (Å²) in [4.78, 5) is 0.172. The monoisotopic (exact) mass is 199 g/mol. The van der Waals surface area contributed by atoms with Gasteiger partial charge in [0.05, 0.1) is 4.90 Å². The van der Waals surface area contributed by atoms with Crippen LogP contribution in [0.4, 0.5) is 0 Å². The molecule has 70 valence electrons. The highest BCUT2D eigenvalue weighted by Crippen LogP contribution is 2.29. The molecule has 0 bridgehead atoms. The number of aliphatic hydroxyl groups excluding tert-OH is 1. The zero-order valence-corrected chi connectivity index (χ0v) is 7.80. The molecule has 4 nitrogen and oxygen atoms in total. The number of hydrogen-bond acceptors (Lipinski definition) is 3. The van der Waals surface area contributed by atoms with Gasteiger partial charge in [-0.2, -0.15) is 4.72 Å². The Hall–Kier alpha value is -0.910. The van der Waals surface area contributed by atoms with Crippen LogP contribution in [-0.4, -0.2) is 13.5 Å². The van der Waals surface area contributed by atoms with E-state index >= 15 is 0 Å². The Morgan fingerprint density at radius 3 is 2.85 bits per heavy atom. The Labute approximate surface area is 76.3 Å². The van der Waals surface area contributed by atoms with Gasteiger partial charge in [-0.05, 0) is 13.0 Å². The largest absolute Gasteiger partial charge is 0.373 e. The summed E-state index contributed by atoms with van der Waals surface area (Å²) in [6.45, 7) is 1.85. The number of benzene rings is 1. The third-order valence-corrected chi connectivity index (χ3v) is 3.50. The molecule has 0 saturated heterocycles. The van der Waals surface area contributed by atoms with Gasteiger partial charge in [0.25, 0.3) is 0 Å². The highest BCUT2D eigenvalue weighted by molar-refractivity contribution is 7.89. The standard InChI is InChI=1S/C8H9NO3S/c1-5-2-3-7-6(4-5)8(10)9-13(7,11)12/h2-4,8-10H,1H3. The maximum Gasteiger partial charge on any atom is 0.243 e. The van der Waals surface area contributed by atoms with E-state index in [0.29, 0.717) is 5.56 Å². The zero-order valence-electron chi connectivity index (χ0n) is 6.98. The fourth-order valence-corrected chi connectivity index (χ4v) is 2.68. The van der Waals surface area contributed by atoms with Crippen molar-refractivity contribution in [3.05, 3.63) is 29.3 Å². The maximum absolute atomic E-state index is 11.3. The van der Waals surface area contributed by atoms with Gasteiger partial charge >= 0.3 is 0 Å². The summed E-state index contributed by atoms with van der Waals surface area (Å²) in [6.07, 6.45) is -1.10. The molecule has 1 aromatic rings. The number of sulfonamides is 1. The number of aryl methyl sites for hydroxylation is 1. The van der Waals surface area contributed by atoms with E-state index in [1.54, 1.807) is 12.1 Å². The molecule has 0 spiro atoms. The van der Waals surface area contributed by atoms with Crippen LogP contribution in [0.25, 0.3) is 0 Å². The van der Waals surface area contributed by atoms with Crippen molar-refractivity contribution in [2.45, 2.75) is 18.0 Å². The van der Waals surface area contributed by atoms with Crippen LogP contribution < -0.4 is 4.72 Å². The van der Waals surface area contributed by atoms with Gasteiger partial charge in [-0.1, -0.05) is 17.7 Å². The van der Waals surface area contributed by atoms with Crippen molar-refractivity contribution in [2.75, 3.05) is 0 Å². The van der Waals surface area contributed by atoms with E-state index in [9.17, 15) is 13.5 Å². The van der Waals surface area contributed by atoms with Crippen LogP contribution in [0.1, 0.15) is 17.4 Å². The van der Waals surface area contributed by atoms with Crippen molar-refractivity contribution in [2.24, 2.45) is 0 Å². The predicted octanol–water partition coefficient (Wildman–Crippen LogP) is 0.278. The summed E-state index contributed by atoms with van der Waals surface area (Å²) >= 11 is 0. The first-order valence-electron chi connectivity index (χ1n) is 3.82. The lowest BCUT2D eigenvalue weighted by molar-refractivity contribution is 0.170. The number of nitrogens with one attached hydrogen (secondary N) is 1. The second-order valence-electron chi connectivity index (χ2n) is 3.07. The van der Waals surface area contributed by atoms with Crippen LogP contribution in [0, 0.1) is 6.92 Å². The molecule has 1 aliphatic rings. The molecule has 1 aliphatic heterocycles. The predicted molar refractivity (Wildman–Crippen MR) is 46.5 cm³/mol. The molecular formula is C8H9NO3S. The molecular weight excluding hydrogens is 190 g/mol. The number of hydrogen-bond donors (Lipinski definition) is 2. The van der Waals surface area contributed by atoms with E-state index in [1.807, 2.05) is 6.92 Å². The third kappa shape index (κ3) is 1.25. The van der Waals surface area contributed by atoms with E-state index in [-0.39, 0.29) is 4.90 Å². The lowest BCUT2D eigenvalue weighted by atomic mass is 10.1. The minimum absolute atomic E-state index is 0.172. The van der Waals surface area contributed by atoms with Gasteiger partial charge in [0, 0.05) is 5.56 Å². The molecule has 0 radical (unpaired) electrons. The second-order valence-corrected chi connectivity index (χ2v) is 4.75. The van der Waals surface area contributed by atoms with Gasteiger partial charge in [0.1, 0.15) is 6.23 Å². The molecule has 1 unspecified atom stereocenters. The summed E-state index contributed by atoms with van der Waals surface area (Å²) in [5.41, 5.74) is 1.36. The van der Waals surface area contributed by atoms with E-state index in [2.05, 4.69) is 4.72 Å². The second kappa shape index (κ2) is 2.54. The third-order valence-electron chi connectivity index (χ3n) is 2.02. The molecule has 1 atom stereocenters. The summed E-state index contributed by atoms with van der Waals surface area (Å²) in [5.74, 6) is 0. The molecule has 0 amide bonds. The van der Waals surface area contributed by atoms with Crippen LogP contribution in [-0.2, 0) is 10.0 Å². The smallest absolute Gasteiger partial charge is 0.243 e. The molecule has 1 heterocycles. The number of rotatable bonds is 0. The molecule has 0 saturated carbocycles. The van der Waals surface area contributed by atoms with Gasteiger partial charge < -0.3 is 5.11 Å². The first-order valence-corrected chi connectivity index (χ1v) is 5.30. The molecule has 2 N–H and O–H groups in total. The fraction of sp³-hybridized carbons (Fsp3) is 0.250. The summed E-state index contributed by atoms with van der Waals surface area (Å²) in [5, 5.41) is 9.35. The Bertz CT molecular complexity index is 452. The maximum atomic E-state index is 11.3. The van der Waals surface area contributed by atoms with Crippen LogP contribution in [0.3, 0.4) is 0 Å². The van der Waals surface area contributed by atoms with Crippen LogP contribution in [0.15, 0.2) is 23.1 Å². The lowest BCUT2D eigenvalue weighted by Gasteiger charge is -2.00. The topological polar surface area (TPSA) is 66.4 Å². The van der Waals surface area contributed by atoms with Crippen LogP contribution in [0.2, 0.25) is 0 Å². The summed E-state index contributed by atoms with van der Waals surface area (Å²) in [6, 6.07) is 4.87. The fourth-order valence-electron chi connectivity index (χ4n) is 1.40. The van der Waals surface area contributed by atoms with Crippen molar-refractivity contribution >= 4 is 10.0 Å². The number of fused-ring (bicyclic) bond motifs is 1. The van der Waals surface area contributed by atoms with Crippen molar-refractivity contribution in [3.63, 3.8) is 0 Å². The Morgan fingerprint density at radius 2 is 2.15 bits per heavy atom. The molecule has 0 fully saturated rings. The van der Waals surface area contributed by atoms with Crippen molar-refractivity contribution in [3.8, 4) is 0 Å². The zero-order chi connectivity index (χ0) is 9.64. The lowest BCUT2D eigenvalue weighted by Crippen LogP contribution is -2.18. The normalized spacial score (nSPS) is 24.3. The van der Waals surface area contributed by atoms with Crippen LogP contribution in [0.5, 0.6) is 0 Å². The highest BCUT2D eigenvalue weighted by atomic mass is 32.2. The molecule has 13 heavy (non-hydrogen) atoms. The van der Waals surface area contributed by atoms with E-state index in [1.165, 1.54) is 6.07 Å². The molecule has 0 aliphatic carbocycles. The summed E-state index contributed by atoms with van der Waals surface area (Å²) in [7, 11) is -3.47. The van der Waals surface area contributed by atoms with Crippen molar-refractivity contribution in [1.82, 2.24) is 4.72 Å². The van der Waals surface area contributed by atoms with Gasteiger partial charge in [0.15, 0.2) is 0 Å². The molecule has 5 heteroatoms. The highest BCUT2D eigenvalue weighted by Gasteiger charge is 2.32. The first kappa shape index (κ1) is 8.68. The van der Waals surface area contributed by atoms with Gasteiger partial charge in [-0.25, -0.2) is 8.42 Å². The summed E-state index contributed by atoms with van der Waals surface area (Å²) < 4.78 is 24.7.